The Morgan fingerprint density at radius 3 is 2.82 bits per heavy atom. The fraction of sp³-hybridized carbons (Fsp3) is 0.333. The van der Waals surface area contributed by atoms with E-state index < -0.39 is 5.97 Å². The van der Waals surface area contributed by atoms with E-state index in [0.29, 0.717) is 16.4 Å². The fourth-order valence-corrected chi connectivity index (χ4v) is 2.68. The number of aromatic carboxylic acids is 1. The van der Waals surface area contributed by atoms with E-state index in [-0.39, 0.29) is 4.88 Å². The summed E-state index contributed by atoms with van der Waals surface area (Å²) in [7, 11) is 0. The third kappa shape index (κ3) is 2.24. The van der Waals surface area contributed by atoms with Crippen molar-refractivity contribution in [2.24, 2.45) is 5.92 Å². The first kappa shape index (κ1) is 11.9. The van der Waals surface area contributed by atoms with Crippen LogP contribution in [0, 0.1) is 5.92 Å². The molecule has 0 radical (unpaired) electrons. The van der Waals surface area contributed by atoms with Gasteiger partial charge in [0.05, 0.1) is 5.69 Å². The first-order chi connectivity index (χ1) is 7.99. The number of nitrogens with zero attached hydrogens (tertiary/aromatic N) is 1. The van der Waals surface area contributed by atoms with Gasteiger partial charge in [0.2, 0.25) is 0 Å². The number of aromatic nitrogens is 1. The van der Waals surface area contributed by atoms with Crippen LogP contribution >= 0.6 is 11.3 Å². The van der Waals surface area contributed by atoms with E-state index in [0.717, 1.165) is 28.8 Å². The number of nitrogen functional groups attached to an aromatic ring is 1. The molecule has 2 aromatic heterocycles. The van der Waals surface area contributed by atoms with E-state index in [2.05, 4.69) is 18.8 Å². The van der Waals surface area contributed by atoms with Gasteiger partial charge in [-0.2, -0.15) is 0 Å². The molecule has 0 fully saturated rings. The monoisotopic (exact) mass is 250 g/mol. The molecule has 0 aromatic carbocycles. The Labute approximate surface area is 103 Å². The highest BCUT2D eigenvalue weighted by molar-refractivity contribution is 7.21. The summed E-state index contributed by atoms with van der Waals surface area (Å²) in [6.07, 6.45) is 0.885. The molecule has 0 spiro atoms. The number of carboxylic acid groups (broad SMARTS) is 1. The molecule has 4 nitrogen and oxygen atoms in total. The molecule has 5 heteroatoms. The lowest BCUT2D eigenvalue weighted by Gasteiger charge is -2.03. The quantitative estimate of drug-likeness (QED) is 0.878. The van der Waals surface area contributed by atoms with E-state index in [1.165, 1.54) is 0 Å². The van der Waals surface area contributed by atoms with Crippen molar-refractivity contribution in [3.63, 3.8) is 0 Å². The average molecular weight is 250 g/mol. The van der Waals surface area contributed by atoms with Crippen LogP contribution < -0.4 is 5.73 Å². The summed E-state index contributed by atoms with van der Waals surface area (Å²) in [5.41, 5.74) is 7.08. The van der Waals surface area contributed by atoms with Gasteiger partial charge in [0, 0.05) is 11.1 Å². The molecule has 3 N–H and O–H groups in total. The maximum atomic E-state index is 11.0. The van der Waals surface area contributed by atoms with Gasteiger partial charge in [-0.25, -0.2) is 9.78 Å². The van der Waals surface area contributed by atoms with Crippen molar-refractivity contribution in [3.8, 4) is 0 Å². The van der Waals surface area contributed by atoms with E-state index in [1.54, 1.807) is 0 Å². The summed E-state index contributed by atoms with van der Waals surface area (Å²) in [6.45, 7) is 4.24. The third-order valence-corrected chi connectivity index (χ3v) is 3.57. The number of thiophene rings is 1. The van der Waals surface area contributed by atoms with Gasteiger partial charge in [-0.05, 0) is 24.5 Å². The largest absolute Gasteiger partial charge is 0.477 e. The van der Waals surface area contributed by atoms with Crippen LogP contribution in [0.3, 0.4) is 0 Å². The van der Waals surface area contributed by atoms with Crippen LogP contribution in [-0.4, -0.2) is 16.1 Å². The molecule has 0 bridgehead atoms. The highest BCUT2D eigenvalue weighted by atomic mass is 32.1. The SMILES string of the molecule is CC(C)Cc1ccc2c(N)c(C(=O)O)sc2n1. The number of nitrogens with two attached hydrogens (primary N) is 1. The fourth-order valence-electron chi connectivity index (χ4n) is 1.73. The molecule has 17 heavy (non-hydrogen) atoms. The van der Waals surface area contributed by atoms with Crippen molar-refractivity contribution in [3.05, 3.63) is 22.7 Å². The number of rotatable bonds is 3. The average Bonchev–Trinajstić information content (AvgIpc) is 2.55. The summed E-state index contributed by atoms with van der Waals surface area (Å²) in [5, 5.41) is 9.72. The zero-order valence-corrected chi connectivity index (χ0v) is 10.5. The number of carbonyl (C=O) groups is 1. The Kier molecular flexibility index (Phi) is 3.02. The summed E-state index contributed by atoms with van der Waals surface area (Å²) < 4.78 is 0. The Hall–Kier alpha value is -1.62. The van der Waals surface area contributed by atoms with Crippen LogP contribution in [-0.2, 0) is 6.42 Å². The smallest absolute Gasteiger partial charge is 0.348 e. The molecule has 0 aliphatic rings. The number of fused-ring (bicyclic) bond motifs is 1. The lowest BCUT2D eigenvalue weighted by molar-refractivity contribution is 0.0703. The topological polar surface area (TPSA) is 76.2 Å². The van der Waals surface area contributed by atoms with E-state index in [1.807, 2.05) is 12.1 Å². The second-order valence-electron chi connectivity index (χ2n) is 4.40. The highest BCUT2D eigenvalue weighted by Crippen LogP contribution is 2.32. The predicted octanol–water partition coefficient (Wildman–Crippen LogP) is 2.78. The van der Waals surface area contributed by atoms with Gasteiger partial charge in [-0.3, -0.25) is 0 Å². The molecular weight excluding hydrogens is 236 g/mol. The lowest BCUT2D eigenvalue weighted by Crippen LogP contribution is -1.97. The molecule has 0 saturated heterocycles. The van der Waals surface area contributed by atoms with Crippen LogP contribution in [0.5, 0.6) is 0 Å². The first-order valence-electron chi connectivity index (χ1n) is 5.40. The number of hydrogen-bond acceptors (Lipinski definition) is 4. The molecule has 0 saturated carbocycles. The second kappa shape index (κ2) is 4.33. The van der Waals surface area contributed by atoms with Gasteiger partial charge in [0.15, 0.2) is 0 Å². The minimum Gasteiger partial charge on any atom is -0.477 e. The third-order valence-electron chi connectivity index (χ3n) is 2.46. The minimum absolute atomic E-state index is 0.175. The van der Waals surface area contributed by atoms with E-state index in [9.17, 15) is 4.79 Å². The Morgan fingerprint density at radius 1 is 1.53 bits per heavy atom. The maximum Gasteiger partial charge on any atom is 0.348 e. The Balaban J connectivity index is 2.52. The number of anilines is 1. The Morgan fingerprint density at radius 2 is 2.24 bits per heavy atom. The van der Waals surface area contributed by atoms with Crippen molar-refractivity contribution in [1.82, 2.24) is 4.98 Å². The number of carboxylic acids is 1. The first-order valence-corrected chi connectivity index (χ1v) is 6.22. The summed E-state index contributed by atoms with van der Waals surface area (Å²) >= 11 is 1.14. The van der Waals surface area contributed by atoms with Gasteiger partial charge < -0.3 is 10.8 Å². The van der Waals surface area contributed by atoms with E-state index in [4.69, 9.17) is 10.8 Å². The summed E-state index contributed by atoms with van der Waals surface area (Å²) in [4.78, 5) is 16.3. The number of pyridine rings is 1. The molecule has 2 aromatic rings. The van der Waals surface area contributed by atoms with Crippen molar-refractivity contribution >= 4 is 33.2 Å². The standard InChI is InChI=1S/C12H14N2O2S/c1-6(2)5-7-3-4-8-9(13)10(12(15)16)17-11(8)14-7/h3-4,6H,5,13H2,1-2H3,(H,15,16). The zero-order chi connectivity index (χ0) is 12.6. The molecule has 0 aliphatic carbocycles. The lowest BCUT2D eigenvalue weighted by atomic mass is 10.1. The minimum atomic E-state index is -0.990. The predicted molar refractivity (Wildman–Crippen MR) is 69.5 cm³/mol. The van der Waals surface area contributed by atoms with Crippen molar-refractivity contribution < 1.29 is 9.90 Å². The summed E-state index contributed by atoms with van der Waals surface area (Å²) in [6, 6.07) is 3.77. The molecule has 90 valence electrons. The molecule has 2 heterocycles. The molecule has 0 amide bonds. The van der Waals surface area contributed by atoms with Crippen LogP contribution in [0.25, 0.3) is 10.2 Å². The van der Waals surface area contributed by atoms with E-state index >= 15 is 0 Å². The molecular formula is C12H14N2O2S. The van der Waals surface area contributed by atoms with Crippen LogP contribution in [0.4, 0.5) is 5.69 Å². The van der Waals surface area contributed by atoms with Gasteiger partial charge in [-0.1, -0.05) is 13.8 Å². The number of hydrogen-bond donors (Lipinski definition) is 2. The van der Waals surface area contributed by atoms with Crippen molar-refractivity contribution in [2.75, 3.05) is 5.73 Å². The summed E-state index contributed by atoms with van der Waals surface area (Å²) in [5.74, 6) is -0.466. The van der Waals surface area contributed by atoms with Crippen molar-refractivity contribution in [2.45, 2.75) is 20.3 Å². The van der Waals surface area contributed by atoms with Crippen molar-refractivity contribution in [1.29, 1.82) is 0 Å². The Bertz CT molecular complexity index is 575. The molecule has 0 unspecified atom stereocenters. The highest BCUT2D eigenvalue weighted by Gasteiger charge is 2.16. The van der Waals surface area contributed by atoms with Gasteiger partial charge in [-0.15, -0.1) is 11.3 Å². The molecule has 0 aliphatic heterocycles. The maximum absolute atomic E-state index is 11.0. The normalized spacial score (nSPS) is 11.2. The second-order valence-corrected chi connectivity index (χ2v) is 5.40. The van der Waals surface area contributed by atoms with Crippen LogP contribution in [0.15, 0.2) is 12.1 Å². The van der Waals surface area contributed by atoms with Gasteiger partial charge in [0.1, 0.15) is 9.71 Å². The zero-order valence-electron chi connectivity index (χ0n) is 9.73. The van der Waals surface area contributed by atoms with Crippen LogP contribution in [0.1, 0.15) is 29.2 Å². The molecule has 0 atom stereocenters. The van der Waals surface area contributed by atoms with Gasteiger partial charge in [0.25, 0.3) is 0 Å². The van der Waals surface area contributed by atoms with Gasteiger partial charge >= 0.3 is 5.97 Å². The molecule has 2 rings (SSSR count). The van der Waals surface area contributed by atoms with Crippen LogP contribution in [0.2, 0.25) is 0 Å².